The molecule has 1 radical (unpaired) electrons. The molecule has 47 valence electrons. The largest absolute Gasteiger partial charge is 0.506 e. The van der Waals surface area contributed by atoms with Crippen LogP contribution in [0.2, 0.25) is 5.02 Å². The van der Waals surface area contributed by atoms with Crippen LogP contribution < -0.4 is 0 Å². The van der Waals surface area contributed by atoms with Crippen molar-refractivity contribution in [2.24, 2.45) is 0 Å². The Kier molecular flexibility index (Phi) is 1.98. The van der Waals surface area contributed by atoms with E-state index in [4.69, 9.17) is 16.7 Å². The maximum absolute atomic E-state index is 8.88. The van der Waals surface area contributed by atoms with Crippen molar-refractivity contribution in [3.63, 3.8) is 0 Å². The van der Waals surface area contributed by atoms with Gasteiger partial charge >= 0.3 is 0 Å². The molecule has 0 aliphatic heterocycles. The summed E-state index contributed by atoms with van der Waals surface area (Å²) in [6.07, 6.45) is 0. The van der Waals surface area contributed by atoms with Gasteiger partial charge in [-0.1, -0.05) is 11.6 Å². The number of aromatic hydroxyl groups is 1. The summed E-state index contributed by atoms with van der Waals surface area (Å²) in [5.41, 5.74) is 0. The zero-order valence-corrected chi connectivity index (χ0v) is 6.70. The number of phenolic OH excluding ortho intramolecular Hbond substituents is 1. The van der Waals surface area contributed by atoms with E-state index in [0.717, 1.165) is 0 Å². The Morgan fingerprint density at radius 3 is 2.78 bits per heavy atom. The maximum atomic E-state index is 8.88. The molecule has 1 nitrogen and oxygen atoms in total. The minimum atomic E-state index is -0.0222. The van der Waals surface area contributed by atoms with Gasteiger partial charge < -0.3 is 5.11 Å². The highest BCUT2D eigenvalue weighted by molar-refractivity contribution is 9.10. The molecule has 0 aromatic heterocycles. The van der Waals surface area contributed by atoms with Crippen LogP contribution in [0.5, 0.6) is 5.75 Å². The van der Waals surface area contributed by atoms with Crippen molar-refractivity contribution in [1.29, 1.82) is 0 Å². The molecule has 0 aliphatic rings. The summed E-state index contributed by atoms with van der Waals surface area (Å²) in [4.78, 5) is 0. The van der Waals surface area contributed by atoms with Crippen molar-refractivity contribution in [2.75, 3.05) is 0 Å². The lowest BCUT2D eigenvalue weighted by atomic mass is 10.3. The number of rotatable bonds is 0. The quantitative estimate of drug-likeness (QED) is 0.692. The Morgan fingerprint density at radius 1 is 1.67 bits per heavy atom. The van der Waals surface area contributed by atoms with Gasteiger partial charge in [0.1, 0.15) is 5.75 Å². The highest BCUT2D eigenvalue weighted by Gasteiger charge is 1.99. The van der Waals surface area contributed by atoms with Gasteiger partial charge in [0.2, 0.25) is 0 Å². The first-order chi connectivity index (χ1) is 4.22. The summed E-state index contributed by atoms with van der Waals surface area (Å²) in [6, 6.07) is 5.83. The zero-order valence-electron chi connectivity index (χ0n) is 4.36. The molecule has 1 aromatic rings. The highest BCUT2D eigenvalue weighted by Crippen LogP contribution is 2.29. The number of hydrogen-bond acceptors (Lipinski definition) is 1. The Morgan fingerprint density at radius 2 is 2.33 bits per heavy atom. The minimum absolute atomic E-state index is 0.0222. The van der Waals surface area contributed by atoms with Crippen LogP contribution >= 0.6 is 27.5 Å². The SMILES string of the molecule is Oc1[c]ccc(Br)c1Cl. The number of phenols is 1. The molecule has 0 amide bonds. The van der Waals surface area contributed by atoms with E-state index in [2.05, 4.69) is 22.0 Å². The van der Waals surface area contributed by atoms with Crippen molar-refractivity contribution >= 4 is 27.5 Å². The molecule has 1 aromatic carbocycles. The summed E-state index contributed by atoms with van der Waals surface area (Å²) in [7, 11) is 0. The lowest BCUT2D eigenvalue weighted by Crippen LogP contribution is -1.68. The average Bonchev–Trinajstić information content (AvgIpc) is 1.83. The third-order valence-corrected chi connectivity index (χ3v) is 2.14. The van der Waals surface area contributed by atoms with Gasteiger partial charge in [0.25, 0.3) is 0 Å². The number of benzene rings is 1. The monoisotopic (exact) mass is 205 g/mol. The maximum Gasteiger partial charge on any atom is 0.143 e. The van der Waals surface area contributed by atoms with Crippen LogP contribution in [0.3, 0.4) is 0 Å². The lowest BCUT2D eigenvalue weighted by Gasteiger charge is -1.94. The van der Waals surface area contributed by atoms with Gasteiger partial charge in [-0.3, -0.25) is 0 Å². The fraction of sp³-hybridized carbons (Fsp3) is 0. The minimum Gasteiger partial charge on any atom is -0.506 e. The smallest absolute Gasteiger partial charge is 0.143 e. The Balaban J connectivity index is 3.25. The molecular formula is C6H3BrClO. The molecule has 0 fully saturated rings. The van der Waals surface area contributed by atoms with Crippen LogP contribution in [0, 0.1) is 6.07 Å². The topological polar surface area (TPSA) is 20.2 Å². The van der Waals surface area contributed by atoms with Crippen LogP contribution in [0.1, 0.15) is 0 Å². The van der Waals surface area contributed by atoms with Crippen molar-refractivity contribution in [2.45, 2.75) is 0 Å². The third-order valence-electron chi connectivity index (χ3n) is 0.867. The van der Waals surface area contributed by atoms with E-state index in [1.54, 1.807) is 12.1 Å². The zero-order chi connectivity index (χ0) is 6.85. The predicted octanol–water partition coefficient (Wildman–Crippen LogP) is 2.61. The fourth-order valence-corrected chi connectivity index (χ4v) is 0.881. The first-order valence-corrected chi connectivity index (χ1v) is 3.43. The van der Waals surface area contributed by atoms with Crippen molar-refractivity contribution in [1.82, 2.24) is 0 Å². The van der Waals surface area contributed by atoms with Gasteiger partial charge in [-0.25, -0.2) is 0 Å². The molecule has 0 aliphatic carbocycles. The van der Waals surface area contributed by atoms with Crippen molar-refractivity contribution in [3.05, 3.63) is 27.7 Å². The predicted molar refractivity (Wildman–Crippen MR) is 39.7 cm³/mol. The van der Waals surface area contributed by atoms with Gasteiger partial charge in [0, 0.05) is 10.5 Å². The van der Waals surface area contributed by atoms with E-state index in [1.807, 2.05) is 0 Å². The first-order valence-electron chi connectivity index (χ1n) is 2.26. The second kappa shape index (κ2) is 2.58. The second-order valence-corrected chi connectivity index (χ2v) is 2.72. The van der Waals surface area contributed by atoms with Crippen LogP contribution in [0.15, 0.2) is 16.6 Å². The van der Waals surface area contributed by atoms with Crippen molar-refractivity contribution in [3.8, 4) is 5.75 Å². The van der Waals surface area contributed by atoms with Crippen LogP contribution in [0.25, 0.3) is 0 Å². The molecular weight excluding hydrogens is 203 g/mol. The second-order valence-electron chi connectivity index (χ2n) is 1.49. The van der Waals surface area contributed by atoms with E-state index < -0.39 is 0 Å². The first kappa shape index (κ1) is 6.90. The number of hydrogen-bond donors (Lipinski definition) is 1. The normalized spacial score (nSPS) is 9.56. The van der Waals surface area contributed by atoms with Crippen molar-refractivity contribution < 1.29 is 5.11 Å². The summed E-state index contributed by atoms with van der Waals surface area (Å²) < 4.78 is 0.681. The molecule has 0 spiro atoms. The van der Waals surface area contributed by atoms with Gasteiger partial charge in [0.05, 0.1) is 5.02 Å². The highest BCUT2D eigenvalue weighted by atomic mass is 79.9. The van der Waals surface area contributed by atoms with Gasteiger partial charge in [-0.05, 0) is 28.1 Å². The summed E-state index contributed by atoms with van der Waals surface area (Å²) in [5, 5.41) is 9.19. The summed E-state index contributed by atoms with van der Waals surface area (Å²) >= 11 is 8.68. The fourth-order valence-electron chi connectivity index (χ4n) is 0.443. The van der Waals surface area contributed by atoms with E-state index >= 15 is 0 Å². The van der Waals surface area contributed by atoms with E-state index in [9.17, 15) is 0 Å². The molecule has 1 N–H and O–H groups in total. The molecule has 0 saturated carbocycles. The Labute approximate surface area is 66.4 Å². The summed E-state index contributed by atoms with van der Waals surface area (Å²) in [6.45, 7) is 0. The van der Waals surface area contributed by atoms with Crippen LogP contribution in [-0.4, -0.2) is 5.11 Å². The van der Waals surface area contributed by atoms with Crippen LogP contribution in [-0.2, 0) is 0 Å². The standard InChI is InChI=1S/C6H3BrClO/c7-4-2-1-3-5(9)6(4)8/h1-2,9H. The Bertz CT molecular complexity index is 204. The van der Waals surface area contributed by atoms with E-state index in [0.29, 0.717) is 9.50 Å². The third kappa shape index (κ3) is 1.37. The molecule has 0 atom stereocenters. The number of halogens is 2. The molecule has 3 heteroatoms. The van der Waals surface area contributed by atoms with Crippen LogP contribution in [0.4, 0.5) is 0 Å². The lowest BCUT2D eigenvalue weighted by molar-refractivity contribution is 0.474. The van der Waals surface area contributed by atoms with E-state index in [-0.39, 0.29) is 5.75 Å². The van der Waals surface area contributed by atoms with E-state index in [1.165, 1.54) is 0 Å². The average molecular weight is 206 g/mol. The van der Waals surface area contributed by atoms with Gasteiger partial charge in [0.15, 0.2) is 0 Å². The molecule has 9 heavy (non-hydrogen) atoms. The summed E-state index contributed by atoms with van der Waals surface area (Å²) in [5.74, 6) is -0.0222. The molecule has 0 heterocycles. The molecule has 0 bridgehead atoms. The Hall–Kier alpha value is -0.210. The van der Waals surface area contributed by atoms with Gasteiger partial charge in [-0.2, -0.15) is 0 Å². The van der Waals surface area contributed by atoms with Gasteiger partial charge in [-0.15, -0.1) is 0 Å². The molecule has 0 unspecified atom stereocenters. The molecule has 1 rings (SSSR count). The molecule has 0 saturated heterocycles.